The van der Waals surface area contributed by atoms with Crippen molar-refractivity contribution in [1.29, 1.82) is 0 Å². The number of fused-ring (bicyclic) bond motifs is 1. The van der Waals surface area contributed by atoms with Gasteiger partial charge in [-0.2, -0.15) is 0 Å². The van der Waals surface area contributed by atoms with E-state index in [1.165, 1.54) is 0 Å². The molecule has 0 saturated carbocycles. The lowest BCUT2D eigenvalue weighted by Crippen LogP contribution is -2.47. The van der Waals surface area contributed by atoms with Crippen LogP contribution in [0.5, 0.6) is 11.5 Å². The van der Waals surface area contributed by atoms with E-state index >= 15 is 0 Å². The van der Waals surface area contributed by atoms with Gasteiger partial charge < -0.3 is 24.0 Å². The summed E-state index contributed by atoms with van der Waals surface area (Å²) in [4.78, 5) is 34.6. The molecule has 3 heterocycles. The molecule has 206 valence electrons. The first-order valence-electron chi connectivity index (χ1n) is 13.3. The van der Waals surface area contributed by atoms with Crippen LogP contribution >= 0.6 is 11.3 Å². The quantitative estimate of drug-likeness (QED) is 0.379. The lowest BCUT2D eigenvalue weighted by atomic mass is 10.1. The van der Waals surface area contributed by atoms with Gasteiger partial charge in [0.25, 0.3) is 5.91 Å². The summed E-state index contributed by atoms with van der Waals surface area (Å²) in [6, 6.07) is 15.4. The van der Waals surface area contributed by atoms with E-state index in [9.17, 15) is 9.59 Å². The van der Waals surface area contributed by atoms with Crippen LogP contribution in [0.15, 0.2) is 53.9 Å². The highest BCUT2D eigenvalue weighted by molar-refractivity contribution is 7.10. The fourth-order valence-corrected chi connectivity index (χ4v) is 5.74. The number of carbonyl (C=O) groups excluding carboxylic acids is 2. The number of rotatable bonds is 10. The van der Waals surface area contributed by atoms with Gasteiger partial charge in [0.15, 0.2) is 11.5 Å². The van der Waals surface area contributed by atoms with Crippen LogP contribution in [0.2, 0.25) is 0 Å². The minimum atomic E-state index is -0.120. The number of aryl methyl sites for hydroxylation is 2. The van der Waals surface area contributed by atoms with Crippen molar-refractivity contribution < 1.29 is 23.8 Å². The Labute approximate surface area is 233 Å². The molecular formula is C30H35N3O5S. The van der Waals surface area contributed by atoms with Gasteiger partial charge in [-0.1, -0.05) is 24.3 Å². The van der Waals surface area contributed by atoms with E-state index in [2.05, 4.69) is 17.9 Å². The van der Waals surface area contributed by atoms with Crippen LogP contribution in [0.25, 0.3) is 0 Å². The topological polar surface area (TPSA) is 71.6 Å². The molecule has 2 aliphatic heterocycles. The van der Waals surface area contributed by atoms with Crippen molar-refractivity contribution in [3.05, 3.63) is 81.0 Å². The maximum atomic E-state index is 13.9. The van der Waals surface area contributed by atoms with Gasteiger partial charge in [-0.05, 0) is 60.2 Å². The Morgan fingerprint density at radius 3 is 2.49 bits per heavy atom. The number of hydrogen-bond donors (Lipinski definition) is 0. The lowest BCUT2D eigenvalue weighted by Gasteiger charge is -2.31. The molecule has 2 aromatic carbocycles. The van der Waals surface area contributed by atoms with Crippen molar-refractivity contribution >= 4 is 23.2 Å². The van der Waals surface area contributed by atoms with Gasteiger partial charge in [-0.25, -0.2) is 0 Å². The summed E-state index contributed by atoms with van der Waals surface area (Å²) in [7, 11) is 0. The number of morpholine rings is 1. The molecule has 0 spiro atoms. The van der Waals surface area contributed by atoms with Crippen LogP contribution in [-0.2, 0) is 22.6 Å². The number of amides is 2. The highest BCUT2D eigenvalue weighted by Crippen LogP contribution is 2.33. The van der Waals surface area contributed by atoms with Gasteiger partial charge in [0.2, 0.25) is 12.7 Å². The van der Waals surface area contributed by atoms with Gasteiger partial charge in [-0.3, -0.25) is 14.5 Å². The first-order chi connectivity index (χ1) is 19.0. The number of hydrogen-bond acceptors (Lipinski definition) is 7. The molecule has 8 nitrogen and oxygen atoms in total. The Kier molecular flexibility index (Phi) is 8.81. The van der Waals surface area contributed by atoms with E-state index in [0.717, 1.165) is 34.7 Å². The molecule has 0 aliphatic carbocycles. The number of ether oxygens (including phenoxy) is 3. The molecule has 0 unspecified atom stereocenters. The number of benzene rings is 2. The second-order valence-corrected chi connectivity index (χ2v) is 11.0. The average molecular weight is 550 g/mol. The van der Waals surface area contributed by atoms with Crippen LogP contribution in [-0.4, -0.2) is 79.2 Å². The first kappa shape index (κ1) is 27.2. The third-order valence-corrected chi connectivity index (χ3v) is 8.25. The van der Waals surface area contributed by atoms with Gasteiger partial charge in [0, 0.05) is 43.2 Å². The summed E-state index contributed by atoms with van der Waals surface area (Å²) in [5.41, 5.74) is 3.64. The molecular weight excluding hydrogens is 514 g/mol. The minimum absolute atomic E-state index is 0.00643. The summed E-state index contributed by atoms with van der Waals surface area (Å²) in [5.74, 6) is 1.19. The highest BCUT2D eigenvalue weighted by atomic mass is 32.1. The molecule has 2 amide bonds. The predicted molar refractivity (Wildman–Crippen MR) is 150 cm³/mol. The number of nitrogens with zero attached hydrogens (tertiary/aromatic N) is 3. The van der Waals surface area contributed by atoms with Gasteiger partial charge >= 0.3 is 0 Å². The maximum Gasteiger partial charge on any atom is 0.254 e. The summed E-state index contributed by atoms with van der Waals surface area (Å²) < 4.78 is 16.5. The SMILES string of the molecule is Cc1ccccc1C(=O)N(CCN1CCOCC1)CC(=O)N(Cc1ccc2c(c1)OCO2)Cc1sccc1C. The second-order valence-electron chi connectivity index (χ2n) is 9.96. The van der Waals surface area contributed by atoms with Crippen molar-refractivity contribution in [1.82, 2.24) is 14.7 Å². The third-order valence-electron chi connectivity index (χ3n) is 7.24. The summed E-state index contributed by atoms with van der Waals surface area (Å²) in [6.45, 7) is 9.28. The van der Waals surface area contributed by atoms with Crippen LogP contribution in [0.1, 0.15) is 31.9 Å². The Balaban J connectivity index is 1.37. The van der Waals surface area contributed by atoms with Gasteiger partial charge in [0.1, 0.15) is 6.54 Å². The van der Waals surface area contributed by atoms with Gasteiger partial charge in [0.05, 0.1) is 19.8 Å². The third kappa shape index (κ3) is 6.79. The van der Waals surface area contributed by atoms with Crippen LogP contribution in [0, 0.1) is 13.8 Å². The van der Waals surface area contributed by atoms with Crippen LogP contribution < -0.4 is 9.47 Å². The van der Waals surface area contributed by atoms with Crippen molar-refractivity contribution in [2.45, 2.75) is 26.9 Å². The fourth-order valence-electron chi connectivity index (χ4n) is 4.82. The van der Waals surface area contributed by atoms with E-state index in [1.54, 1.807) is 16.2 Å². The molecule has 1 saturated heterocycles. The van der Waals surface area contributed by atoms with Gasteiger partial charge in [-0.15, -0.1) is 11.3 Å². The minimum Gasteiger partial charge on any atom is -0.454 e. The van der Waals surface area contributed by atoms with Crippen molar-refractivity contribution in [3.8, 4) is 11.5 Å². The Hall–Kier alpha value is -3.40. The average Bonchev–Trinajstić information content (AvgIpc) is 3.59. The molecule has 39 heavy (non-hydrogen) atoms. The highest BCUT2D eigenvalue weighted by Gasteiger charge is 2.26. The van der Waals surface area contributed by atoms with E-state index < -0.39 is 0 Å². The molecule has 0 atom stereocenters. The lowest BCUT2D eigenvalue weighted by molar-refractivity contribution is -0.133. The molecule has 1 aromatic heterocycles. The Morgan fingerprint density at radius 2 is 1.72 bits per heavy atom. The molecule has 0 N–H and O–H groups in total. The normalized spacial score (nSPS) is 14.8. The van der Waals surface area contributed by atoms with E-state index in [0.29, 0.717) is 56.5 Å². The monoisotopic (exact) mass is 549 g/mol. The summed E-state index contributed by atoms with van der Waals surface area (Å²) in [6.07, 6.45) is 0. The zero-order valence-electron chi connectivity index (χ0n) is 22.6. The molecule has 0 radical (unpaired) electrons. The van der Waals surface area contributed by atoms with E-state index in [-0.39, 0.29) is 25.2 Å². The number of carbonyl (C=O) groups is 2. The van der Waals surface area contributed by atoms with E-state index in [1.807, 2.05) is 59.7 Å². The van der Waals surface area contributed by atoms with Crippen molar-refractivity contribution in [3.63, 3.8) is 0 Å². The Bertz CT molecular complexity index is 1300. The molecule has 2 aliphatic rings. The smallest absolute Gasteiger partial charge is 0.254 e. The standard InChI is InChI=1S/C30H35N3O5S/c1-22-5-3-4-6-25(22)30(35)32(11-10-31-12-14-36-15-13-31)20-29(34)33(19-28-23(2)9-16-39-28)18-24-7-8-26-27(17-24)38-21-37-26/h3-9,16-17H,10-15,18-21H2,1-2H3. The predicted octanol–water partition coefficient (Wildman–Crippen LogP) is 4.10. The molecule has 0 bridgehead atoms. The zero-order valence-corrected chi connectivity index (χ0v) is 23.4. The fraction of sp³-hybridized carbons (Fsp3) is 0.400. The van der Waals surface area contributed by atoms with Crippen molar-refractivity contribution in [2.75, 3.05) is 52.7 Å². The second kappa shape index (κ2) is 12.6. The van der Waals surface area contributed by atoms with E-state index in [4.69, 9.17) is 14.2 Å². The maximum absolute atomic E-state index is 13.9. The molecule has 3 aromatic rings. The first-order valence-corrected chi connectivity index (χ1v) is 14.2. The largest absolute Gasteiger partial charge is 0.454 e. The summed E-state index contributed by atoms with van der Waals surface area (Å²) in [5, 5.41) is 2.05. The number of thiophene rings is 1. The Morgan fingerprint density at radius 1 is 0.923 bits per heavy atom. The molecule has 5 rings (SSSR count). The summed E-state index contributed by atoms with van der Waals surface area (Å²) >= 11 is 1.64. The van der Waals surface area contributed by atoms with Crippen LogP contribution in [0.3, 0.4) is 0 Å². The molecule has 9 heteroatoms. The van der Waals surface area contributed by atoms with Crippen molar-refractivity contribution in [2.24, 2.45) is 0 Å². The zero-order chi connectivity index (χ0) is 27.2. The van der Waals surface area contributed by atoms with Crippen LogP contribution in [0.4, 0.5) is 0 Å². The molecule has 1 fully saturated rings.